The summed E-state index contributed by atoms with van der Waals surface area (Å²) in [6.07, 6.45) is 0.490. The Labute approximate surface area is 127 Å². The van der Waals surface area contributed by atoms with Crippen LogP contribution in [0.2, 0.25) is 0 Å². The van der Waals surface area contributed by atoms with Crippen molar-refractivity contribution in [1.82, 2.24) is 20.5 Å². The van der Waals surface area contributed by atoms with E-state index in [0.29, 0.717) is 31.1 Å². The minimum Gasteiger partial charge on any atom is -0.494 e. The molecule has 0 aliphatic heterocycles. The molecule has 0 bridgehead atoms. The largest absolute Gasteiger partial charge is 0.494 e. The molecule has 118 valence electrons. The van der Waals surface area contributed by atoms with Gasteiger partial charge in [0.05, 0.1) is 12.3 Å². The first-order valence-electron chi connectivity index (χ1n) is 6.93. The highest BCUT2D eigenvalue weighted by molar-refractivity contribution is 5.89. The number of anilines is 1. The smallest absolute Gasteiger partial charge is 0.319 e. The van der Waals surface area contributed by atoms with E-state index >= 15 is 0 Å². The zero-order valence-electron chi connectivity index (χ0n) is 12.4. The van der Waals surface area contributed by atoms with Gasteiger partial charge in [0.25, 0.3) is 0 Å². The van der Waals surface area contributed by atoms with Crippen LogP contribution in [0.25, 0.3) is 0 Å². The number of H-pyrrole nitrogens is 1. The quantitative estimate of drug-likeness (QED) is 0.761. The molecule has 0 unspecified atom stereocenters. The van der Waals surface area contributed by atoms with Gasteiger partial charge in [0.1, 0.15) is 17.4 Å². The topological polar surface area (TPSA) is 91.9 Å². The molecule has 0 spiro atoms. The van der Waals surface area contributed by atoms with Crippen molar-refractivity contribution in [3.63, 3.8) is 0 Å². The molecule has 8 heteroatoms. The van der Waals surface area contributed by atoms with Crippen LogP contribution in [-0.2, 0) is 6.42 Å². The third kappa shape index (κ3) is 4.44. The van der Waals surface area contributed by atoms with E-state index in [1.807, 2.05) is 6.92 Å². The Kier molecular flexibility index (Phi) is 5.29. The third-order valence-corrected chi connectivity index (χ3v) is 2.78. The first kappa shape index (κ1) is 15.7. The molecule has 0 atom stereocenters. The number of aromatic amines is 1. The van der Waals surface area contributed by atoms with E-state index in [2.05, 4.69) is 25.8 Å². The van der Waals surface area contributed by atoms with Crippen LogP contribution in [0.4, 0.5) is 14.9 Å². The minimum absolute atomic E-state index is 0.0923. The maximum atomic E-state index is 13.8. The number of halogens is 1. The maximum absolute atomic E-state index is 13.8. The Morgan fingerprint density at radius 3 is 2.91 bits per heavy atom. The Hall–Kier alpha value is -2.64. The Morgan fingerprint density at radius 2 is 2.27 bits per heavy atom. The third-order valence-electron chi connectivity index (χ3n) is 2.78. The number of carbonyl (C=O) groups excluding carboxylic acids is 1. The monoisotopic (exact) mass is 307 g/mol. The summed E-state index contributed by atoms with van der Waals surface area (Å²) in [6.45, 7) is 4.41. The van der Waals surface area contributed by atoms with Gasteiger partial charge in [-0.05, 0) is 26.0 Å². The molecule has 1 aromatic carbocycles. The molecule has 0 aliphatic rings. The molecule has 0 radical (unpaired) electrons. The number of urea groups is 1. The summed E-state index contributed by atoms with van der Waals surface area (Å²) >= 11 is 0. The zero-order valence-corrected chi connectivity index (χ0v) is 12.4. The van der Waals surface area contributed by atoms with Gasteiger partial charge in [-0.3, -0.25) is 5.10 Å². The Morgan fingerprint density at radius 1 is 1.45 bits per heavy atom. The fraction of sp³-hybridized carbons (Fsp3) is 0.357. The average Bonchev–Trinajstić information content (AvgIpc) is 2.88. The second-order valence-electron chi connectivity index (χ2n) is 4.54. The van der Waals surface area contributed by atoms with Gasteiger partial charge in [-0.1, -0.05) is 0 Å². The lowest BCUT2D eigenvalue weighted by atomic mass is 10.3. The average molecular weight is 307 g/mol. The van der Waals surface area contributed by atoms with Crippen LogP contribution in [0.1, 0.15) is 18.6 Å². The lowest BCUT2D eigenvalue weighted by molar-refractivity contribution is 0.252. The molecule has 2 aromatic rings. The second-order valence-corrected chi connectivity index (χ2v) is 4.54. The van der Waals surface area contributed by atoms with E-state index in [1.165, 1.54) is 12.1 Å². The van der Waals surface area contributed by atoms with E-state index < -0.39 is 11.8 Å². The normalized spacial score (nSPS) is 10.3. The number of hydrogen-bond donors (Lipinski definition) is 3. The van der Waals surface area contributed by atoms with Crippen LogP contribution in [0.15, 0.2) is 18.2 Å². The second kappa shape index (κ2) is 7.39. The van der Waals surface area contributed by atoms with Crippen molar-refractivity contribution in [2.75, 3.05) is 18.5 Å². The lowest BCUT2D eigenvalue weighted by Crippen LogP contribution is -2.30. The van der Waals surface area contributed by atoms with Gasteiger partial charge in [0, 0.05) is 19.0 Å². The van der Waals surface area contributed by atoms with Crippen molar-refractivity contribution in [3.05, 3.63) is 35.7 Å². The van der Waals surface area contributed by atoms with Gasteiger partial charge in [-0.15, -0.1) is 0 Å². The first-order chi connectivity index (χ1) is 10.6. The van der Waals surface area contributed by atoms with Crippen molar-refractivity contribution in [2.45, 2.75) is 20.3 Å². The fourth-order valence-electron chi connectivity index (χ4n) is 1.81. The van der Waals surface area contributed by atoms with E-state index in [4.69, 9.17) is 4.74 Å². The van der Waals surface area contributed by atoms with E-state index in [0.717, 1.165) is 5.82 Å². The first-order valence-corrected chi connectivity index (χ1v) is 6.93. The number of aryl methyl sites for hydroxylation is 1. The molecule has 7 nitrogen and oxygen atoms in total. The van der Waals surface area contributed by atoms with Crippen LogP contribution in [0.5, 0.6) is 5.75 Å². The molecule has 1 aromatic heterocycles. The van der Waals surface area contributed by atoms with Crippen LogP contribution < -0.4 is 15.4 Å². The van der Waals surface area contributed by atoms with Crippen molar-refractivity contribution < 1.29 is 13.9 Å². The molecule has 0 fully saturated rings. The number of aromatic nitrogens is 3. The highest BCUT2D eigenvalue weighted by Gasteiger charge is 2.08. The Balaban J connectivity index is 1.81. The zero-order chi connectivity index (χ0) is 15.9. The molecule has 0 aliphatic carbocycles. The predicted molar refractivity (Wildman–Crippen MR) is 79.4 cm³/mol. The molecule has 22 heavy (non-hydrogen) atoms. The van der Waals surface area contributed by atoms with Crippen LogP contribution in [-0.4, -0.2) is 34.4 Å². The number of rotatable bonds is 6. The summed E-state index contributed by atoms with van der Waals surface area (Å²) in [6, 6.07) is 3.79. The van der Waals surface area contributed by atoms with Crippen LogP contribution >= 0.6 is 0 Å². The number of ether oxygens (including phenoxy) is 1. The number of nitrogens with one attached hydrogen (secondary N) is 3. The van der Waals surface area contributed by atoms with E-state index in [9.17, 15) is 9.18 Å². The van der Waals surface area contributed by atoms with Crippen molar-refractivity contribution in [1.29, 1.82) is 0 Å². The van der Waals surface area contributed by atoms with E-state index in [1.54, 1.807) is 13.0 Å². The number of amides is 2. The minimum atomic E-state index is -0.550. The summed E-state index contributed by atoms with van der Waals surface area (Å²) in [5, 5.41) is 11.7. The van der Waals surface area contributed by atoms with Gasteiger partial charge >= 0.3 is 6.03 Å². The summed E-state index contributed by atoms with van der Waals surface area (Å²) in [5.74, 6) is 1.21. The predicted octanol–water partition coefficient (Wildman–Crippen LogP) is 2.02. The van der Waals surface area contributed by atoms with Gasteiger partial charge in [-0.25, -0.2) is 14.2 Å². The molecule has 2 rings (SSSR count). The number of nitrogens with zero attached hydrogens (tertiary/aromatic N) is 2. The van der Waals surface area contributed by atoms with Gasteiger partial charge in [0.2, 0.25) is 0 Å². The van der Waals surface area contributed by atoms with Crippen molar-refractivity contribution in [2.24, 2.45) is 0 Å². The highest BCUT2D eigenvalue weighted by Crippen LogP contribution is 2.20. The molecule has 1 heterocycles. The van der Waals surface area contributed by atoms with E-state index in [-0.39, 0.29) is 5.69 Å². The number of carbonyl (C=O) groups is 1. The highest BCUT2D eigenvalue weighted by atomic mass is 19.1. The van der Waals surface area contributed by atoms with Crippen molar-refractivity contribution >= 4 is 11.7 Å². The summed E-state index contributed by atoms with van der Waals surface area (Å²) < 4.78 is 19.0. The number of hydrogen-bond acceptors (Lipinski definition) is 4. The van der Waals surface area contributed by atoms with Crippen LogP contribution in [0.3, 0.4) is 0 Å². The summed E-state index contributed by atoms with van der Waals surface area (Å²) in [7, 11) is 0. The van der Waals surface area contributed by atoms with Crippen molar-refractivity contribution in [3.8, 4) is 5.75 Å². The Bertz CT molecular complexity index is 644. The standard InChI is InChI=1S/C14H18FN5O2/c1-3-22-10-4-5-12(11(15)8-10)18-14(21)16-7-6-13-17-9(2)19-20-13/h4-5,8H,3,6-7H2,1-2H3,(H2,16,18,21)(H,17,19,20). The lowest BCUT2D eigenvalue weighted by Gasteiger charge is -2.09. The molecule has 3 N–H and O–H groups in total. The van der Waals surface area contributed by atoms with Gasteiger partial charge in [-0.2, -0.15) is 5.10 Å². The molecule has 0 saturated carbocycles. The molecule has 2 amide bonds. The number of benzene rings is 1. The fourth-order valence-corrected chi connectivity index (χ4v) is 1.81. The SMILES string of the molecule is CCOc1ccc(NC(=O)NCCc2n[nH]c(C)n2)c(F)c1. The molecular weight excluding hydrogens is 289 g/mol. The summed E-state index contributed by atoms with van der Waals surface area (Å²) in [4.78, 5) is 15.8. The van der Waals surface area contributed by atoms with Gasteiger partial charge < -0.3 is 15.4 Å². The van der Waals surface area contributed by atoms with Crippen LogP contribution in [0, 0.1) is 12.7 Å². The molecule has 0 saturated heterocycles. The molecular formula is C14H18FN5O2. The van der Waals surface area contributed by atoms with Gasteiger partial charge in [0.15, 0.2) is 5.82 Å². The summed E-state index contributed by atoms with van der Waals surface area (Å²) in [5.41, 5.74) is 0.0923. The maximum Gasteiger partial charge on any atom is 0.319 e.